The lowest BCUT2D eigenvalue weighted by molar-refractivity contribution is 0.0741. The zero-order valence-electron chi connectivity index (χ0n) is 6.20. The SMILES string of the molecule is Cc1ncc2c(n1)C(=S)OC2=O. The summed E-state index contributed by atoms with van der Waals surface area (Å²) in [5, 5.41) is 0.139. The van der Waals surface area contributed by atoms with Gasteiger partial charge >= 0.3 is 5.97 Å². The fraction of sp³-hybridized carbons (Fsp3) is 0.143. The molecule has 1 aromatic heterocycles. The van der Waals surface area contributed by atoms with Crippen LogP contribution in [0.15, 0.2) is 6.20 Å². The van der Waals surface area contributed by atoms with Crippen molar-refractivity contribution in [2.24, 2.45) is 0 Å². The number of thiocarbonyl (C=S) groups is 1. The van der Waals surface area contributed by atoms with E-state index in [0.29, 0.717) is 17.1 Å². The number of aryl methyl sites for hydroxylation is 1. The number of esters is 1. The summed E-state index contributed by atoms with van der Waals surface area (Å²) >= 11 is 4.78. The van der Waals surface area contributed by atoms with Crippen LogP contribution in [0, 0.1) is 6.92 Å². The fourth-order valence-corrected chi connectivity index (χ4v) is 1.19. The smallest absolute Gasteiger partial charge is 0.348 e. The molecule has 5 heteroatoms. The minimum Gasteiger partial charge on any atom is -0.408 e. The van der Waals surface area contributed by atoms with E-state index in [-0.39, 0.29) is 5.05 Å². The van der Waals surface area contributed by atoms with E-state index in [2.05, 4.69) is 14.7 Å². The van der Waals surface area contributed by atoms with Crippen LogP contribution < -0.4 is 0 Å². The van der Waals surface area contributed by atoms with Crippen LogP contribution in [0.3, 0.4) is 0 Å². The molecule has 0 aliphatic carbocycles. The molecule has 0 amide bonds. The summed E-state index contributed by atoms with van der Waals surface area (Å²) in [6, 6.07) is 0. The number of aromatic nitrogens is 2. The molecule has 1 aromatic rings. The summed E-state index contributed by atoms with van der Waals surface area (Å²) in [5.41, 5.74) is 0.785. The first-order valence-electron chi connectivity index (χ1n) is 3.28. The largest absolute Gasteiger partial charge is 0.408 e. The van der Waals surface area contributed by atoms with Crippen LogP contribution in [-0.2, 0) is 4.74 Å². The second kappa shape index (κ2) is 2.31. The minimum absolute atomic E-state index is 0.139. The number of carbonyl (C=O) groups is 1. The summed E-state index contributed by atoms with van der Waals surface area (Å²) in [6.07, 6.45) is 1.43. The van der Waals surface area contributed by atoms with Gasteiger partial charge in [-0.1, -0.05) is 0 Å². The Bertz CT molecular complexity index is 389. The Kier molecular flexibility index (Phi) is 1.41. The fourth-order valence-electron chi connectivity index (χ4n) is 0.962. The van der Waals surface area contributed by atoms with Gasteiger partial charge in [0.1, 0.15) is 17.1 Å². The molecule has 0 aromatic carbocycles. The van der Waals surface area contributed by atoms with Gasteiger partial charge in [-0.05, 0) is 19.1 Å². The Morgan fingerprint density at radius 1 is 1.58 bits per heavy atom. The van der Waals surface area contributed by atoms with Crippen molar-refractivity contribution in [2.45, 2.75) is 6.92 Å². The van der Waals surface area contributed by atoms with E-state index in [0.717, 1.165) is 0 Å². The summed E-state index contributed by atoms with van der Waals surface area (Å²) in [5.74, 6) is 0.115. The summed E-state index contributed by atoms with van der Waals surface area (Å²) in [7, 11) is 0. The first-order valence-corrected chi connectivity index (χ1v) is 3.69. The van der Waals surface area contributed by atoms with Gasteiger partial charge in [-0.2, -0.15) is 0 Å². The van der Waals surface area contributed by atoms with Crippen LogP contribution in [0.1, 0.15) is 21.9 Å². The molecule has 4 nitrogen and oxygen atoms in total. The van der Waals surface area contributed by atoms with Gasteiger partial charge in [-0.15, -0.1) is 0 Å². The highest BCUT2D eigenvalue weighted by Crippen LogP contribution is 2.17. The predicted molar refractivity (Wildman–Crippen MR) is 43.9 cm³/mol. The Morgan fingerprint density at radius 2 is 2.33 bits per heavy atom. The highest BCUT2D eigenvalue weighted by Gasteiger charge is 2.28. The predicted octanol–water partition coefficient (Wildman–Crippen LogP) is 0.631. The lowest BCUT2D eigenvalue weighted by Crippen LogP contribution is -1.98. The van der Waals surface area contributed by atoms with Crippen molar-refractivity contribution < 1.29 is 9.53 Å². The lowest BCUT2D eigenvalue weighted by Gasteiger charge is -1.92. The zero-order chi connectivity index (χ0) is 8.72. The molecule has 0 fully saturated rings. The molecule has 2 heterocycles. The van der Waals surface area contributed by atoms with Crippen LogP contribution in [0.4, 0.5) is 0 Å². The van der Waals surface area contributed by atoms with Gasteiger partial charge in [0.15, 0.2) is 0 Å². The third kappa shape index (κ3) is 0.902. The average molecular weight is 180 g/mol. The van der Waals surface area contributed by atoms with Gasteiger partial charge in [0, 0.05) is 6.20 Å². The number of hydrogen-bond acceptors (Lipinski definition) is 5. The number of ether oxygens (including phenoxy) is 1. The topological polar surface area (TPSA) is 52.1 Å². The molecule has 0 bridgehead atoms. The van der Waals surface area contributed by atoms with Crippen LogP contribution in [-0.4, -0.2) is 21.0 Å². The molecule has 0 saturated heterocycles. The van der Waals surface area contributed by atoms with Gasteiger partial charge in [0.05, 0.1) is 0 Å². The highest BCUT2D eigenvalue weighted by atomic mass is 32.1. The molecule has 12 heavy (non-hydrogen) atoms. The molecule has 0 radical (unpaired) electrons. The molecule has 60 valence electrons. The first-order chi connectivity index (χ1) is 5.68. The van der Waals surface area contributed by atoms with Crippen molar-refractivity contribution in [3.63, 3.8) is 0 Å². The van der Waals surface area contributed by atoms with E-state index in [1.54, 1.807) is 6.92 Å². The number of nitrogens with zero attached hydrogens (tertiary/aromatic N) is 2. The number of carbonyl (C=O) groups excluding carboxylic acids is 1. The third-order valence-electron chi connectivity index (χ3n) is 1.51. The second-order valence-corrected chi connectivity index (χ2v) is 2.73. The maximum Gasteiger partial charge on any atom is 0.348 e. The van der Waals surface area contributed by atoms with E-state index in [9.17, 15) is 4.79 Å². The molecule has 0 spiro atoms. The van der Waals surface area contributed by atoms with Crippen molar-refractivity contribution in [1.82, 2.24) is 9.97 Å². The molecule has 1 aliphatic rings. The Hall–Kier alpha value is -1.36. The van der Waals surface area contributed by atoms with Crippen molar-refractivity contribution in [2.75, 3.05) is 0 Å². The molecule has 0 saturated carbocycles. The van der Waals surface area contributed by atoms with Crippen molar-refractivity contribution in [1.29, 1.82) is 0 Å². The first kappa shape index (κ1) is 7.30. The van der Waals surface area contributed by atoms with E-state index in [1.165, 1.54) is 6.20 Å². The van der Waals surface area contributed by atoms with Crippen LogP contribution in [0.25, 0.3) is 0 Å². The van der Waals surface area contributed by atoms with E-state index < -0.39 is 5.97 Å². The maximum atomic E-state index is 11.0. The van der Waals surface area contributed by atoms with E-state index >= 15 is 0 Å². The van der Waals surface area contributed by atoms with Crippen molar-refractivity contribution in [3.8, 4) is 0 Å². The standard InChI is InChI=1S/C7H4N2O2S/c1-3-8-2-4-5(9-3)7(12)11-6(4)10/h2H,1H3. The van der Waals surface area contributed by atoms with Crippen molar-refractivity contribution in [3.05, 3.63) is 23.3 Å². The Balaban J connectivity index is 2.68. The Labute approximate surface area is 73.6 Å². The van der Waals surface area contributed by atoms with Gasteiger partial charge in [0.25, 0.3) is 0 Å². The monoisotopic (exact) mass is 180 g/mol. The molecule has 0 N–H and O–H groups in total. The quantitative estimate of drug-likeness (QED) is 0.433. The highest BCUT2D eigenvalue weighted by molar-refractivity contribution is 7.80. The molecule has 2 rings (SSSR count). The van der Waals surface area contributed by atoms with Gasteiger partial charge in [-0.25, -0.2) is 14.8 Å². The van der Waals surface area contributed by atoms with Gasteiger partial charge < -0.3 is 4.74 Å². The number of hydrogen-bond donors (Lipinski definition) is 0. The van der Waals surface area contributed by atoms with Gasteiger partial charge in [0.2, 0.25) is 5.05 Å². The maximum absolute atomic E-state index is 11.0. The Morgan fingerprint density at radius 3 is 3.08 bits per heavy atom. The molecule has 0 atom stereocenters. The van der Waals surface area contributed by atoms with Crippen molar-refractivity contribution >= 4 is 23.2 Å². The normalized spacial score (nSPS) is 14.4. The summed E-state index contributed by atoms with van der Waals surface area (Å²) < 4.78 is 4.68. The van der Waals surface area contributed by atoms with E-state index in [4.69, 9.17) is 12.2 Å². The summed E-state index contributed by atoms with van der Waals surface area (Å²) in [6.45, 7) is 1.73. The minimum atomic E-state index is -0.463. The lowest BCUT2D eigenvalue weighted by atomic mass is 10.3. The summed E-state index contributed by atoms with van der Waals surface area (Å²) in [4.78, 5) is 18.8. The van der Waals surface area contributed by atoms with E-state index in [1.807, 2.05) is 0 Å². The average Bonchev–Trinajstić information content (AvgIpc) is 2.28. The number of fused-ring (bicyclic) bond motifs is 1. The molecule has 1 aliphatic heterocycles. The molecular weight excluding hydrogens is 176 g/mol. The number of rotatable bonds is 0. The molecular formula is C7H4N2O2S. The second-order valence-electron chi connectivity index (χ2n) is 2.36. The number of cyclic esters (lactones) is 1. The van der Waals surface area contributed by atoms with Crippen LogP contribution in [0.5, 0.6) is 0 Å². The zero-order valence-corrected chi connectivity index (χ0v) is 7.01. The van der Waals surface area contributed by atoms with Crippen LogP contribution >= 0.6 is 12.2 Å². The van der Waals surface area contributed by atoms with Crippen LogP contribution in [0.2, 0.25) is 0 Å². The van der Waals surface area contributed by atoms with Gasteiger partial charge in [-0.3, -0.25) is 0 Å². The molecule has 0 unspecified atom stereocenters. The third-order valence-corrected chi connectivity index (χ3v) is 1.78.